The number of rotatable bonds is 3. The van der Waals surface area contributed by atoms with E-state index in [-0.39, 0.29) is 12.6 Å². The zero-order valence-electron chi connectivity index (χ0n) is 8.75. The van der Waals surface area contributed by atoms with E-state index in [2.05, 4.69) is 10.6 Å². The molecule has 0 radical (unpaired) electrons. The maximum atomic E-state index is 11.0. The zero-order chi connectivity index (χ0) is 10.4. The summed E-state index contributed by atoms with van der Waals surface area (Å²) < 4.78 is 0. The van der Waals surface area contributed by atoms with Crippen LogP contribution in [0.15, 0.2) is 0 Å². The summed E-state index contributed by atoms with van der Waals surface area (Å²) in [6.45, 7) is 0.936. The molecule has 1 aliphatic carbocycles. The van der Waals surface area contributed by atoms with Gasteiger partial charge >= 0.3 is 6.03 Å². The molecule has 1 fully saturated rings. The number of amides is 2. The monoisotopic (exact) mass is 200 g/mol. The summed E-state index contributed by atoms with van der Waals surface area (Å²) in [5, 5.41) is 14.5. The molecule has 0 aromatic heterocycles. The van der Waals surface area contributed by atoms with Gasteiger partial charge in [-0.25, -0.2) is 4.79 Å². The van der Waals surface area contributed by atoms with Crippen molar-refractivity contribution in [3.8, 4) is 0 Å². The quantitative estimate of drug-likeness (QED) is 0.628. The highest BCUT2D eigenvalue weighted by atomic mass is 16.3. The summed E-state index contributed by atoms with van der Waals surface area (Å²) in [6, 6.07) is -0.132. The highest BCUT2D eigenvalue weighted by molar-refractivity contribution is 5.73. The number of hydrogen-bond acceptors (Lipinski definition) is 2. The molecule has 1 aliphatic rings. The van der Waals surface area contributed by atoms with Gasteiger partial charge in [0.05, 0.1) is 0 Å². The van der Waals surface area contributed by atoms with Crippen molar-refractivity contribution in [2.75, 3.05) is 20.2 Å². The van der Waals surface area contributed by atoms with Crippen LogP contribution in [0.3, 0.4) is 0 Å². The standard InChI is InChI=1S/C10H20N2O2/c1-11-10(14)12-6-8-4-2-3-5-9(8)7-13/h8-9,13H,2-7H2,1H3,(H2,11,12,14). The molecule has 82 valence electrons. The number of aliphatic hydroxyl groups is 1. The number of nitrogens with one attached hydrogen (secondary N) is 2. The lowest BCUT2D eigenvalue weighted by Crippen LogP contribution is -2.39. The van der Waals surface area contributed by atoms with E-state index in [9.17, 15) is 4.79 Å². The van der Waals surface area contributed by atoms with Crippen LogP contribution < -0.4 is 10.6 Å². The molecule has 0 spiro atoms. The van der Waals surface area contributed by atoms with Crippen molar-refractivity contribution in [3.63, 3.8) is 0 Å². The second kappa shape index (κ2) is 5.86. The molecule has 2 unspecified atom stereocenters. The van der Waals surface area contributed by atoms with E-state index in [1.807, 2.05) is 0 Å². The highest BCUT2D eigenvalue weighted by Gasteiger charge is 2.24. The smallest absolute Gasteiger partial charge is 0.314 e. The summed E-state index contributed by atoms with van der Waals surface area (Å²) in [6.07, 6.45) is 4.64. The summed E-state index contributed by atoms with van der Waals surface area (Å²) in [7, 11) is 1.61. The van der Waals surface area contributed by atoms with Gasteiger partial charge in [0.2, 0.25) is 0 Å². The number of hydrogen-bond donors (Lipinski definition) is 3. The number of aliphatic hydroxyl groups excluding tert-OH is 1. The molecule has 0 aromatic carbocycles. The molecule has 14 heavy (non-hydrogen) atoms. The Morgan fingerprint density at radius 3 is 2.57 bits per heavy atom. The van der Waals surface area contributed by atoms with Gasteiger partial charge in [0.15, 0.2) is 0 Å². The Bertz CT molecular complexity index is 185. The Labute approximate surface area is 85.1 Å². The average molecular weight is 200 g/mol. The molecule has 2 atom stereocenters. The molecular weight excluding hydrogens is 180 g/mol. The first-order valence-corrected chi connectivity index (χ1v) is 5.34. The Balaban J connectivity index is 2.29. The van der Waals surface area contributed by atoms with Crippen LogP contribution in [-0.2, 0) is 0 Å². The minimum atomic E-state index is -0.132. The molecule has 2 amide bonds. The number of urea groups is 1. The molecule has 1 rings (SSSR count). The highest BCUT2D eigenvalue weighted by Crippen LogP contribution is 2.28. The maximum Gasteiger partial charge on any atom is 0.314 e. The second-order valence-electron chi connectivity index (χ2n) is 3.95. The van der Waals surface area contributed by atoms with Crippen molar-refractivity contribution in [2.45, 2.75) is 25.7 Å². The molecule has 4 nitrogen and oxygen atoms in total. The number of carbonyl (C=O) groups is 1. The van der Waals surface area contributed by atoms with Gasteiger partial charge in [-0.1, -0.05) is 12.8 Å². The topological polar surface area (TPSA) is 61.4 Å². The van der Waals surface area contributed by atoms with Gasteiger partial charge in [0, 0.05) is 20.2 Å². The molecule has 0 aliphatic heterocycles. The lowest BCUT2D eigenvalue weighted by Gasteiger charge is -2.30. The molecule has 3 N–H and O–H groups in total. The van der Waals surface area contributed by atoms with Crippen LogP contribution in [0.5, 0.6) is 0 Å². The average Bonchev–Trinajstić information content (AvgIpc) is 2.26. The zero-order valence-corrected chi connectivity index (χ0v) is 8.75. The molecule has 0 saturated heterocycles. The van der Waals surface area contributed by atoms with E-state index in [0.29, 0.717) is 18.4 Å². The summed E-state index contributed by atoms with van der Waals surface area (Å²) in [5.74, 6) is 0.826. The third-order valence-electron chi connectivity index (χ3n) is 3.05. The Kier molecular flexibility index (Phi) is 4.73. The van der Waals surface area contributed by atoms with E-state index in [0.717, 1.165) is 12.8 Å². The lowest BCUT2D eigenvalue weighted by atomic mass is 9.80. The Morgan fingerprint density at radius 1 is 1.36 bits per heavy atom. The van der Waals surface area contributed by atoms with Crippen molar-refractivity contribution < 1.29 is 9.90 Å². The van der Waals surface area contributed by atoms with Gasteiger partial charge in [0.1, 0.15) is 0 Å². The van der Waals surface area contributed by atoms with Crippen LogP contribution in [-0.4, -0.2) is 31.3 Å². The molecule has 4 heteroatoms. The van der Waals surface area contributed by atoms with Gasteiger partial charge in [-0.05, 0) is 24.7 Å². The Morgan fingerprint density at radius 2 is 2.00 bits per heavy atom. The second-order valence-corrected chi connectivity index (χ2v) is 3.95. The van der Waals surface area contributed by atoms with E-state index >= 15 is 0 Å². The summed E-state index contributed by atoms with van der Waals surface area (Å²) >= 11 is 0. The van der Waals surface area contributed by atoms with Crippen molar-refractivity contribution in [2.24, 2.45) is 11.8 Å². The van der Waals surface area contributed by atoms with E-state index in [1.165, 1.54) is 12.8 Å². The van der Waals surface area contributed by atoms with Gasteiger partial charge in [-0.2, -0.15) is 0 Å². The van der Waals surface area contributed by atoms with Crippen LogP contribution >= 0.6 is 0 Å². The van der Waals surface area contributed by atoms with Gasteiger partial charge in [-0.15, -0.1) is 0 Å². The van der Waals surface area contributed by atoms with Crippen LogP contribution in [0, 0.1) is 11.8 Å². The fourth-order valence-corrected chi connectivity index (χ4v) is 2.11. The van der Waals surface area contributed by atoms with E-state index < -0.39 is 0 Å². The van der Waals surface area contributed by atoms with Gasteiger partial charge < -0.3 is 15.7 Å². The largest absolute Gasteiger partial charge is 0.396 e. The summed E-state index contributed by atoms with van der Waals surface area (Å²) in [4.78, 5) is 11.0. The van der Waals surface area contributed by atoms with Crippen LogP contribution in [0.25, 0.3) is 0 Å². The minimum absolute atomic E-state index is 0.132. The third kappa shape index (κ3) is 3.18. The summed E-state index contributed by atoms with van der Waals surface area (Å²) in [5.41, 5.74) is 0. The van der Waals surface area contributed by atoms with Crippen LogP contribution in [0.1, 0.15) is 25.7 Å². The molecular formula is C10H20N2O2. The predicted octanol–water partition coefficient (Wildman–Crippen LogP) is 0.714. The third-order valence-corrected chi connectivity index (χ3v) is 3.05. The minimum Gasteiger partial charge on any atom is -0.396 e. The van der Waals surface area contributed by atoms with Crippen LogP contribution in [0.4, 0.5) is 4.79 Å². The van der Waals surface area contributed by atoms with Crippen molar-refractivity contribution in [1.82, 2.24) is 10.6 Å². The van der Waals surface area contributed by atoms with Crippen molar-refractivity contribution in [1.29, 1.82) is 0 Å². The Hall–Kier alpha value is -0.770. The van der Waals surface area contributed by atoms with E-state index in [1.54, 1.807) is 7.05 Å². The molecule has 1 saturated carbocycles. The van der Waals surface area contributed by atoms with Crippen LogP contribution in [0.2, 0.25) is 0 Å². The molecule has 0 heterocycles. The lowest BCUT2D eigenvalue weighted by molar-refractivity contribution is 0.134. The fraction of sp³-hybridized carbons (Fsp3) is 0.900. The first-order valence-electron chi connectivity index (χ1n) is 5.34. The predicted molar refractivity (Wildman–Crippen MR) is 55.0 cm³/mol. The maximum absolute atomic E-state index is 11.0. The number of carbonyl (C=O) groups excluding carboxylic acids is 1. The van der Waals surface area contributed by atoms with Gasteiger partial charge in [0.25, 0.3) is 0 Å². The normalized spacial score (nSPS) is 27.0. The molecule has 0 bridgehead atoms. The fourth-order valence-electron chi connectivity index (χ4n) is 2.11. The first-order chi connectivity index (χ1) is 6.77. The van der Waals surface area contributed by atoms with E-state index in [4.69, 9.17) is 5.11 Å². The first kappa shape index (κ1) is 11.3. The van der Waals surface area contributed by atoms with Crippen molar-refractivity contribution in [3.05, 3.63) is 0 Å². The SMILES string of the molecule is CNC(=O)NCC1CCCCC1CO. The van der Waals surface area contributed by atoms with Crippen molar-refractivity contribution >= 4 is 6.03 Å². The molecule has 0 aromatic rings. The van der Waals surface area contributed by atoms with Gasteiger partial charge in [-0.3, -0.25) is 0 Å².